The van der Waals surface area contributed by atoms with E-state index >= 15 is 0 Å². The van der Waals surface area contributed by atoms with E-state index in [0.29, 0.717) is 38.4 Å². The third-order valence-corrected chi connectivity index (χ3v) is 5.17. The van der Waals surface area contributed by atoms with Crippen molar-refractivity contribution >= 4 is 21.4 Å². The lowest BCUT2D eigenvalue weighted by Crippen LogP contribution is -2.46. The molecular formula is C15H19N5O5S. The lowest BCUT2D eigenvalue weighted by atomic mass is 10.2. The zero-order chi connectivity index (χ0) is 18.9. The van der Waals surface area contributed by atoms with Gasteiger partial charge >= 0.3 is 0 Å². The lowest BCUT2D eigenvalue weighted by molar-refractivity contribution is -0.385. The average Bonchev–Trinajstić information content (AvgIpc) is 2.99. The Morgan fingerprint density at radius 1 is 1.27 bits per heavy atom. The molecule has 0 spiro atoms. The van der Waals surface area contributed by atoms with Crippen molar-refractivity contribution in [2.75, 3.05) is 31.1 Å². The second kappa shape index (κ2) is 7.02. The first-order chi connectivity index (χ1) is 12.2. The highest BCUT2D eigenvalue weighted by molar-refractivity contribution is 7.89. The van der Waals surface area contributed by atoms with E-state index in [4.69, 9.17) is 9.66 Å². The molecule has 11 heteroatoms. The molecule has 2 heterocycles. The zero-order valence-electron chi connectivity index (χ0n) is 14.2. The third kappa shape index (κ3) is 4.00. The van der Waals surface area contributed by atoms with E-state index < -0.39 is 14.9 Å². The van der Waals surface area contributed by atoms with Crippen molar-refractivity contribution in [1.82, 2.24) is 10.1 Å². The van der Waals surface area contributed by atoms with Crippen LogP contribution in [0.2, 0.25) is 0 Å². The molecule has 0 aliphatic carbocycles. The van der Waals surface area contributed by atoms with Gasteiger partial charge < -0.3 is 9.42 Å². The molecule has 0 amide bonds. The van der Waals surface area contributed by atoms with Crippen LogP contribution in [0.15, 0.2) is 33.7 Å². The fourth-order valence-electron chi connectivity index (χ4n) is 2.96. The summed E-state index contributed by atoms with van der Waals surface area (Å²) in [6, 6.07) is 5.61. The fourth-order valence-corrected chi connectivity index (χ4v) is 3.74. The Kier molecular flexibility index (Phi) is 4.94. The van der Waals surface area contributed by atoms with Gasteiger partial charge in [-0.2, -0.15) is 0 Å². The van der Waals surface area contributed by atoms with Crippen LogP contribution in [0, 0.1) is 17.0 Å². The highest BCUT2D eigenvalue weighted by Crippen LogP contribution is 2.29. The van der Waals surface area contributed by atoms with E-state index in [2.05, 4.69) is 10.1 Å². The van der Waals surface area contributed by atoms with Gasteiger partial charge in [0.1, 0.15) is 4.90 Å². The highest BCUT2D eigenvalue weighted by atomic mass is 32.2. The van der Waals surface area contributed by atoms with E-state index in [9.17, 15) is 18.5 Å². The quantitative estimate of drug-likeness (QED) is 0.595. The number of nitro benzene ring substituents is 1. The van der Waals surface area contributed by atoms with Gasteiger partial charge in [0.25, 0.3) is 5.69 Å². The molecule has 1 aromatic carbocycles. The van der Waals surface area contributed by atoms with Gasteiger partial charge in [0.15, 0.2) is 5.76 Å². The number of nitro groups is 1. The van der Waals surface area contributed by atoms with Crippen LogP contribution in [0.3, 0.4) is 0 Å². The number of hydrogen-bond acceptors (Lipinski definition) is 8. The van der Waals surface area contributed by atoms with Gasteiger partial charge in [-0.25, -0.2) is 13.6 Å². The molecule has 1 saturated heterocycles. The van der Waals surface area contributed by atoms with E-state index in [-0.39, 0.29) is 10.6 Å². The molecule has 1 fully saturated rings. The topological polar surface area (TPSA) is 136 Å². The van der Waals surface area contributed by atoms with E-state index in [1.54, 1.807) is 0 Å². The summed E-state index contributed by atoms with van der Waals surface area (Å²) < 4.78 is 29.0. The Morgan fingerprint density at radius 2 is 1.96 bits per heavy atom. The van der Waals surface area contributed by atoms with Crippen LogP contribution >= 0.6 is 0 Å². The smallest absolute Gasteiger partial charge is 0.270 e. The molecule has 1 aliphatic rings. The maximum Gasteiger partial charge on any atom is 0.270 e. The summed E-state index contributed by atoms with van der Waals surface area (Å²) in [5, 5.41) is 20.0. The molecule has 26 heavy (non-hydrogen) atoms. The standard InChI is InChI=1S/C15H19N5O5S/c1-11-8-13(25-17-11)10-18-4-6-19(7-5-18)14-3-2-12(20(21)22)9-15(14)26(16,23)24/h2-3,8-9H,4-7,10H2,1H3,(H2,16,23,24). The summed E-state index contributed by atoms with van der Waals surface area (Å²) in [6.45, 7) is 4.97. The Bertz CT molecular complexity index is 918. The van der Waals surface area contributed by atoms with Gasteiger partial charge in [0, 0.05) is 44.4 Å². The number of benzene rings is 1. The van der Waals surface area contributed by atoms with Gasteiger partial charge in [0.2, 0.25) is 10.0 Å². The minimum atomic E-state index is -4.08. The first kappa shape index (κ1) is 18.3. The monoisotopic (exact) mass is 381 g/mol. The van der Waals surface area contributed by atoms with Crippen molar-refractivity contribution in [3.63, 3.8) is 0 Å². The van der Waals surface area contributed by atoms with Crippen LogP contribution in [0.5, 0.6) is 0 Å². The second-order valence-corrected chi connectivity index (χ2v) is 7.68. The number of hydrogen-bond donors (Lipinski definition) is 1. The van der Waals surface area contributed by atoms with Crippen molar-refractivity contribution in [2.45, 2.75) is 18.4 Å². The molecule has 0 bridgehead atoms. The molecule has 0 saturated carbocycles. The van der Waals surface area contributed by atoms with Gasteiger partial charge in [-0.3, -0.25) is 15.0 Å². The predicted octanol–water partition coefficient (Wildman–Crippen LogP) is 0.861. The molecule has 0 atom stereocenters. The van der Waals surface area contributed by atoms with E-state index in [1.807, 2.05) is 17.9 Å². The van der Waals surface area contributed by atoms with Gasteiger partial charge in [0.05, 0.1) is 22.8 Å². The van der Waals surface area contributed by atoms with E-state index in [1.165, 1.54) is 12.1 Å². The van der Waals surface area contributed by atoms with Crippen molar-refractivity contribution in [2.24, 2.45) is 5.14 Å². The van der Waals surface area contributed by atoms with Crippen LogP contribution in [0.25, 0.3) is 0 Å². The molecule has 2 N–H and O–H groups in total. The van der Waals surface area contributed by atoms with Crippen molar-refractivity contribution in [3.05, 3.63) is 45.8 Å². The summed E-state index contributed by atoms with van der Waals surface area (Å²) in [7, 11) is -4.08. The van der Waals surface area contributed by atoms with Crippen LogP contribution in [-0.4, -0.2) is 49.6 Å². The van der Waals surface area contributed by atoms with Gasteiger partial charge in [-0.05, 0) is 13.0 Å². The molecule has 140 valence electrons. The van der Waals surface area contributed by atoms with Gasteiger partial charge in [-0.15, -0.1) is 0 Å². The maximum atomic E-state index is 11.9. The molecular weight excluding hydrogens is 362 g/mol. The highest BCUT2D eigenvalue weighted by Gasteiger charge is 2.25. The number of primary sulfonamides is 1. The summed E-state index contributed by atoms with van der Waals surface area (Å²) in [4.78, 5) is 14.1. The number of aryl methyl sites for hydroxylation is 1. The number of nitrogens with zero attached hydrogens (tertiary/aromatic N) is 4. The lowest BCUT2D eigenvalue weighted by Gasteiger charge is -2.36. The summed E-state index contributed by atoms with van der Waals surface area (Å²) in [6.07, 6.45) is 0. The van der Waals surface area contributed by atoms with Gasteiger partial charge in [-0.1, -0.05) is 5.16 Å². The predicted molar refractivity (Wildman–Crippen MR) is 93.2 cm³/mol. The number of aromatic nitrogens is 1. The van der Waals surface area contributed by atoms with Crippen LogP contribution in [0.1, 0.15) is 11.5 Å². The second-order valence-electron chi connectivity index (χ2n) is 6.15. The number of piperazine rings is 1. The Labute approximate surface area is 150 Å². The number of nitrogens with two attached hydrogens (primary N) is 1. The Hall–Kier alpha value is -2.50. The van der Waals surface area contributed by atoms with E-state index in [0.717, 1.165) is 17.5 Å². The molecule has 2 aromatic rings. The largest absolute Gasteiger partial charge is 0.368 e. The zero-order valence-corrected chi connectivity index (χ0v) is 15.0. The van der Waals surface area contributed by atoms with Crippen molar-refractivity contribution in [3.8, 4) is 0 Å². The molecule has 1 aromatic heterocycles. The first-order valence-corrected chi connectivity index (χ1v) is 9.49. The molecule has 10 nitrogen and oxygen atoms in total. The minimum Gasteiger partial charge on any atom is -0.368 e. The fraction of sp³-hybridized carbons (Fsp3) is 0.400. The summed E-state index contributed by atoms with van der Waals surface area (Å²) in [5.74, 6) is 0.775. The molecule has 3 rings (SSSR count). The van der Waals surface area contributed by atoms with Crippen molar-refractivity contribution < 1.29 is 17.9 Å². The summed E-state index contributed by atoms with van der Waals surface area (Å²) in [5.41, 5.74) is 0.896. The van der Waals surface area contributed by atoms with Crippen LogP contribution < -0.4 is 10.0 Å². The first-order valence-electron chi connectivity index (χ1n) is 7.95. The van der Waals surface area contributed by atoms with Crippen LogP contribution in [0.4, 0.5) is 11.4 Å². The average molecular weight is 381 g/mol. The number of sulfonamides is 1. The summed E-state index contributed by atoms with van der Waals surface area (Å²) >= 11 is 0. The number of non-ortho nitro benzene ring substituents is 1. The number of anilines is 1. The minimum absolute atomic E-state index is 0.231. The maximum absolute atomic E-state index is 11.9. The number of rotatable bonds is 5. The van der Waals surface area contributed by atoms with Crippen molar-refractivity contribution in [1.29, 1.82) is 0 Å². The molecule has 1 aliphatic heterocycles. The Balaban J connectivity index is 1.75. The SMILES string of the molecule is Cc1cc(CN2CCN(c3ccc([N+](=O)[O-])cc3S(N)(=O)=O)CC2)on1. The molecule has 0 radical (unpaired) electrons. The van der Waals surface area contributed by atoms with Crippen LogP contribution in [-0.2, 0) is 16.6 Å². The normalized spacial score (nSPS) is 16.0. The Morgan fingerprint density at radius 3 is 2.50 bits per heavy atom. The third-order valence-electron chi connectivity index (χ3n) is 4.23. The molecule has 0 unspecified atom stereocenters.